The van der Waals surface area contributed by atoms with Crippen LogP contribution >= 0.6 is 0 Å². The molecule has 0 heterocycles. The molecule has 3 rings (SSSR count). The number of unbranched alkanes of at least 4 members (excludes halogenated alkanes) is 1. The first kappa shape index (κ1) is 19.4. The van der Waals surface area contributed by atoms with Crippen molar-refractivity contribution in [3.05, 3.63) is 0 Å². The lowest BCUT2D eigenvalue weighted by Crippen LogP contribution is -2.53. The van der Waals surface area contributed by atoms with Gasteiger partial charge in [-0.3, -0.25) is 4.79 Å². The van der Waals surface area contributed by atoms with Crippen LogP contribution in [0, 0.1) is 40.9 Å². The highest BCUT2D eigenvalue weighted by molar-refractivity contribution is 5.79. The molecule has 1 nitrogen and oxygen atoms in total. The summed E-state index contributed by atoms with van der Waals surface area (Å²) in [5.74, 6) is 5.55. The number of hydrogen-bond acceptors (Lipinski definition) is 1. The molecule has 0 spiro atoms. The topological polar surface area (TPSA) is 17.1 Å². The molecule has 7 atom stereocenters. The molecule has 144 valence electrons. The molecule has 0 aromatic heterocycles. The zero-order chi connectivity index (χ0) is 18.0. The van der Waals surface area contributed by atoms with Crippen molar-refractivity contribution < 1.29 is 4.79 Å². The quantitative estimate of drug-likeness (QED) is 0.504. The van der Waals surface area contributed by atoms with Gasteiger partial charge in [-0.05, 0) is 86.9 Å². The maximum atomic E-state index is 12.4. The average Bonchev–Trinajstić information content (AvgIpc) is 2.59. The molecule has 0 bridgehead atoms. The first-order valence-corrected chi connectivity index (χ1v) is 11.5. The Balaban J connectivity index is 1.81. The monoisotopic (exact) mass is 346 g/mol. The molecule has 0 radical (unpaired) electrons. The Morgan fingerprint density at radius 3 is 2.44 bits per heavy atom. The van der Waals surface area contributed by atoms with Crippen molar-refractivity contribution in [3.63, 3.8) is 0 Å². The first-order chi connectivity index (χ1) is 12.0. The number of fused-ring (bicyclic) bond motifs is 3. The Morgan fingerprint density at radius 2 is 1.76 bits per heavy atom. The summed E-state index contributed by atoms with van der Waals surface area (Å²) < 4.78 is 0. The average molecular weight is 347 g/mol. The predicted molar refractivity (Wildman–Crippen MR) is 106 cm³/mol. The second-order valence-corrected chi connectivity index (χ2v) is 10.0. The maximum absolute atomic E-state index is 12.4. The summed E-state index contributed by atoms with van der Waals surface area (Å²) in [6.45, 7) is 9.09. The normalized spacial score (nSPS) is 44.0. The number of ketones is 1. The molecule has 0 aromatic carbocycles. The van der Waals surface area contributed by atoms with E-state index < -0.39 is 0 Å². The van der Waals surface area contributed by atoms with Crippen LogP contribution in [-0.2, 0) is 4.79 Å². The molecular formula is C24H42O. The van der Waals surface area contributed by atoms with E-state index in [0.717, 1.165) is 36.0 Å². The Kier molecular flexibility index (Phi) is 6.32. The Labute approximate surface area is 156 Å². The summed E-state index contributed by atoms with van der Waals surface area (Å²) >= 11 is 0. The van der Waals surface area contributed by atoms with E-state index in [4.69, 9.17) is 0 Å². The van der Waals surface area contributed by atoms with Gasteiger partial charge in [-0.1, -0.05) is 52.9 Å². The van der Waals surface area contributed by atoms with E-state index in [2.05, 4.69) is 20.8 Å². The fraction of sp³-hybridized carbons (Fsp3) is 0.958. The zero-order valence-corrected chi connectivity index (χ0v) is 17.4. The highest BCUT2D eigenvalue weighted by Gasteiger charge is 2.55. The van der Waals surface area contributed by atoms with Crippen LogP contribution in [-0.4, -0.2) is 5.78 Å². The van der Waals surface area contributed by atoms with Crippen LogP contribution in [0.25, 0.3) is 0 Å². The lowest BCUT2D eigenvalue weighted by molar-refractivity contribution is -0.141. The number of rotatable bonds is 6. The summed E-state index contributed by atoms with van der Waals surface area (Å²) in [6, 6.07) is 0. The van der Waals surface area contributed by atoms with Crippen LogP contribution in [0.5, 0.6) is 0 Å². The maximum Gasteiger partial charge on any atom is 0.133 e. The number of carbonyl (C=O) groups excluding carboxylic acids is 1. The molecule has 0 aliphatic heterocycles. The molecule has 0 aromatic rings. The van der Waals surface area contributed by atoms with Crippen LogP contribution in [0.3, 0.4) is 0 Å². The minimum atomic E-state index is 0.318. The van der Waals surface area contributed by atoms with Crippen LogP contribution in [0.15, 0.2) is 0 Å². The van der Waals surface area contributed by atoms with E-state index in [1.807, 2.05) is 6.92 Å². The third kappa shape index (κ3) is 3.59. The van der Waals surface area contributed by atoms with Gasteiger partial charge in [-0.15, -0.1) is 0 Å². The summed E-state index contributed by atoms with van der Waals surface area (Å²) in [6.07, 6.45) is 16.6. The van der Waals surface area contributed by atoms with E-state index in [0.29, 0.717) is 17.1 Å². The summed E-state index contributed by atoms with van der Waals surface area (Å²) in [7, 11) is 0. The number of carbonyl (C=O) groups is 1. The summed E-state index contributed by atoms with van der Waals surface area (Å²) in [5, 5.41) is 0. The molecule has 3 fully saturated rings. The van der Waals surface area contributed by atoms with Gasteiger partial charge in [0.25, 0.3) is 0 Å². The van der Waals surface area contributed by atoms with Gasteiger partial charge in [0.1, 0.15) is 5.78 Å². The van der Waals surface area contributed by atoms with Crippen molar-refractivity contribution in [2.45, 2.75) is 105 Å². The van der Waals surface area contributed by atoms with Crippen LogP contribution in [0.1, 0.15) is 105 Å². The van der Waals surface area contributed by atoms with Crippen molar-refractivity contribution >= 4 is 5.78 Å². The van der Waals surface area contributed by atoms with Gasteiger partial charge in [-0.25, -0.2) is 0 Å². The van der Waals surface area contributed by atoms with Gasteiger partial charge in [-0.2, -0.15) is 0 Å². The van der Waals surface area contributed by atoms with Gasteiger partial charge >= 0.3 is 0 Å². The third-order valence-corrected chi connectivity index (χ3v) is 8.80. The van der Waals surface area contributed by atoms with Gasteiger partial charge in [0.2, 0.25) is 0 Å². The fourth-order valence-electron chi connectivity index (χ4n) is 7.72. The smallest absolute Gasteiger partial charge is 0.133 e. The Morgan fingerprint density at radius 1 is 0.960 bits per heavy atom. The highest BCUT2D eigenvalue weighted by atomic mass is 16.1. The largest absolute Gasteiger partial charge is 0.300 e. The van der Waals surface area contributed by atoms with Crippen molar-refractivity contribution in [2.75, 3.05) is 0 Å². The molecular weight excluding hydrogens is 304 g/mol. The van der Waals surface area contributed by atoms with Crippen molar-refractivity contribution in [3.8, 4) is 0 Å². The van der Waals surface area contributed by atoms with Gasteiger partial charge in [0.05, 0.1) is 0 Å². The van der Waals surface area contributed by atoms with Crippen LogP contribution in [0.2, 0.25) is 0 Å². The zero-order valence-electron chi connectivity index (χ0n) is 17.4. The molecule has 0 amide bonds. The number of hydrogen-bond donors (Lipinski definition) is 0. The second kappa shape index (κ2) is 8.13. The molecule has 3 saturated carbocycles. The summed E-state index contributed by atoms with van der Waals surface area (Å²) in [5.41, 5.74) is 0.318. The SMILES string of the molecule is CCCCC1C(CCC)CCC2C1CCC1(C)C(C(C)=O)CCCC21. The first-order valence-electron chi connectivity index (χ1n) is 11.5. The standard InChI is InChI=1S/C24H42O/c1-5-7-10-19-18(9-6-2)13-14-21-20(19)15-16-24(4)22(17(3)25)11-8-12-23(21)24/h18-23H,5-16H2,1-4H3. The molecule has 25 heavy (non-hydrogen) atoms. The van der Waals surface area contributed by atoms with E-state index in [1.54, 1.807) is 0 Å². The van der Waals surface area contributed by atoms with Crippen LogP contribution in [0.4, 0.5) is 0 Å². The van der Waals surface area contributed by atoms with E-state index >= 15 is 0 Å². The molecule has 0 saturated heterocycles. The minimum absolute atomic E-state index is 0.318. The molecule has 3 aliphatic rings. The lowest BCUT2D eigenvalue weighted by atomic mass is 9.45. The Hall–Kier alpha value is -0.330. The summed E-state index contributed by atoms with van der Waals surface area (Å²) in [4.78, 5) is 12.4. The van der Waals surface area contributed by atoms with Crippen molar-refractivity contribution in [1.29, 1.82) is 0 Å². The minimum Gasteiger partial charge on any atom is -0.300 e. The van der Waals surface area contributed by atoms with Gasteiger partial charge in [0, 0.05) is 5.92 Å². The van der Waals surface area contributed by atoms with E-state index in [9.17, 15) is 4.79 Å². The third-order valence-electron chi connectivity index (χ3n) is 8.80. The second-order valence-electron chi connectivity index (χ2n) is 10.0. The lowest BCUT2D eigenvalue weighted by Gasteiger charge is -2.59. The van der Waals surface area contributed by atoms with Gasteiger partial charge < -0.3 is 0 Å². The molecule has 3 aliphatic carbocycles. The fourth-order valence-corrected chi connectivity index (χ4v) is 7.72. The molecule has 0 N–H and O–H groups in total. The predicted octanol–water partition coefficient (Wildman–Crippen LogP) is 7.04. The van der Waals surface area contributed by atoms with Crippen LogP contribution < -0.4 is 0 Å². The Bertz CT molecular complexity index is 455. The molecule has 7 unspecified atom stereocenters. The molecule has 1 heteroatoms. The highest BCUT2D eigenvalue weighted by Crippen LogP contribution is 2.62. The van der Waals surface area contributed by atoms with Crippen molar-refractivity contribution in [1.82, 2.24) is 0 Å². The van der Waals surface area contributed by atoms with E-state index in [-0.39, 0.29) is 0 Å². The number of Topliss-reactive ketones (excluding diaryl/α,β-unsaturated/α-hetero) is 1. The van der Waals surface area contributed by atoms with Crippen molar-refractivity contribution in [2.24, 2.45) is 40.9 Å². The van der Waals surface area contributed by atoms with E-state index in [1.165, 1.54) is 70.6 Å². The van der Waals surface area contributed by atoms with Gasteiger partial charge in [0.15, 0.2) is 0 Å².